The maximum atomic E-state index is 12.2. The Hall–Kier alpha value is -1.07. The van der Waals surface area contributed by atoms with Crippen LogP contribution in [-0.4, -0.2) is 19.7 Å². The molecule has 0 saturated carbocycles. The van der Waals surface area contributed by atoms with Gasteiger partial charge in [-0.1, -0.05) is 22.0 Å². The van der Waals surface area contributed by atoms with Crippen LogP contribution in [0.1, 0.15) is 39.0 Å². The van der Waals surface area contributed by atoms with E-state index in [1.807, 2.05) is 52.8 Å². The number of hydrogen-bond donors (Lipinski definition) is 0. The van der Waals surface area contributed by atoms with Crippen LogP contribution in [0.5, 0.6) is 0 Å². The van der Waals surface area contributed by atoms with Crippen LogP contribution < -0.4 is 0 Å². The highest BCUT2D eigenvalue weighted by Gasteiger charge is 2.20. The number of pyridine rings is 1. The molecule has 0 fully saturated rings. The zero-order chi connectivity index (χ0) is 15.8. The number of aryl methyl sites for hydroxylation is 1. The van der Waals surface area contributed by atoms with Crippen molar-refractivity contribution in [3.8, 4) is 0 Å². The molecule has 0 saturated heterocycles. The number of fused-ring (bicyclic) bond motifs is 1. The van der Waals surface area contributed by atoms with Gasteiger partial charge in [0.15, 0.2) is 0 Å². The van der Waals surface area contributed by atoms with Crippen LogP contribution in [0.3, 0.4) is 0 Å². The van der Waals surface area contributed by atoms with E-state index in [1.165, 1.54) is 0 Å². The molecule has 3 nitrogen and oxygen atoms in total. The van der Waals surface area contributed by atoms with Gasteiger partial charge in [-0.25, -0.2) is 9.19 Å². The minimum atomic E-state index is -1.28. The van der Waals surface area contributed by atoms with Crippen LogP contribution >= 0.6 is 15.9 Å². The predicted molar refractivity (Wildman–Crippen MR) is 94.3 cm³/mol. The summed E-state index contributed by atoms with van der Waals surface area (Å²) < 4.78 is 17.1. The van der Waals surface area contributed by atoms with E-state index in [2.05, 4.69) is 31.4 Å². The van der Waals surface area contributed by atoms with Crippen molar-refractivity contribution >= 4 is 43.5 Å². The van der Waals surface area contributed by atoms with Gasteiger partial charge in [0.05, 0.1) is 21.7 Å². The van der Waals surface area contributed by atoms with E-state index in [0.717, 1.165) is 26.6 Å². The van der Waals surface area contributed by atoms with E-state index < -0.39 is 11.0 Å². The topological polar surface area (TPSA) is 42.3 Å². The van der Waals surface area contributed by atoms with Gasteiger partial charge in [-0.05, 0) is 58.4 Å². The molecule has 5 heteroatoms. The Bertz CT molecular complexity index is 748. The molecule has 1 aromatic heterocycles. The quantitative estimate of drug-likeness (QED) is 0.730. The molecule has 1 heterocycles. The fraction of sp³-hybridized carbons (Fsp3) is 0.375. The molecule has 2 aromatic rings. The van der Waals surface area contributed by atoms with E-state index in [1.54, 1.807) is 0 Å². The molecule has 0 bridgehead atoms. The molecule has 1 atom stereocenters. The van der Waals surface area contributed by atoms with Crippen LogP contribution in [-0.2, 0) is 11.0 Å². The van der Waals surface area contributed by atoms with Crippen molar-refractivity contribution in [2.75, 3.05) is 0 Å². The van der Waals surface area contributed by atoms with Gasteiger partial charge >= 0.3 is 0 Å². The van der Waals surface area contributed by atoms with E-state index in [-0.39, 0.29) is 4.75 Å². The van der Waals surface area contributed by atoms with Crippen molar-refractivity contribution in [3.63, 3.8) is 0 Å². The average Bonchev–Trinajstić information content (AvgIpc) is 2.37. The molecule has 21 heavy (non-hydrogen) atoms. The lowest BCUT2D eigenvalue weighted by atomic mass is 10.1. The Morgan fingerprint density at radius 2 is 1.95 bits per heavy atom. The summed E-state index contributed by atoms with van der Waals surface area (Å²) in [5.74, 6) is 0. The Morgan fingerprint density at radius 3 is 2.57 bits per heavy atom. The summed E-state index contributed by atoms with van der Waals surface area (Å²) >= 11 is 3.46. The maximum Gasteiger partial charge on any atom is 0.145 e. The van der Waals surface area contributed by atoms with E-state index in [0.29, 0.717) is 5.71 Å². The van der Waals surface area contributed by atoms with Gasteiger partial charge in [-0.15, -0.1) is 0 Å². The molecule has 0 spiro atoms. The molecule has 0 unspecified atom stereocenters. The lowest BCUT2D eigenvalue weighted by Crippen LogP contribution is -2.21. The lowest BCUT2D eigenvalue weighted by molar-refractivity contribution is 0.650. The van der Waals surface area contributed by atoms with Crippen molar-refractivity contribution in [1.82, 2.24) is 4.98 Å². The van der Waals surface area contributed by atoms with Crippen molar-refractivity contribution < 1.29 is 4.21 Å². The second-order valence-corrected chi connectivity index (χ2v) is 8.85. The largest absolute Gasteiger partial charge is 0.246 e. The number of aromatic nitrogens is 1. The third kappa shape index (κ3) is 3.77. The second-order valence-electron chi connectivity index (χ2n) is 6.03. The highest BCUT2D eigenvalue weighted by atomic mass is 79.9. The SMILES string of the molecule is CC(=N[S@](=O)C(C)(C)C)c1nc2cc(Br)ccc2cc1C. The third-order valence-corrected chi connectivity index (χ3v) is 5.04. The molecular weight excluding hydrogens is 348 g/mol. The number of benzene rings is 1. The predicted octanol–water partition coefficient (Wildman–Crippen LogP) is 4.58. The minimum Gasteiger partial charge on any atom is -0.246 e. The normalized spacial score (nSPS) is 14.5. The van der Waals surface area contributed by atoms with Gasteiger partial charge in [0.1, 0.15) is 11.0 Å². The zero-order valence-electron chi connectivity index (χ0n) is 12.9. The summed E-state index contributed by atoms with van der Waals surface area (Å²) in [6, 6.07) is 8.09. The molecule has 0 aliphatic heterocycles. The number of nitrogens with zero attached hydrogens (tertiary/aromatic N) is 2. The van der Waals surface area contributed by atoms with Gasteiger partial charge in [0.2, 0.25) is 0 Å². The van der Waals surface area contributed by atoms with Gasteiger partial charge in [0.25, 0.3) is 0 Å². The van der Waals surface area contributed by atoms with Crippen LogP contribution in [0.4, 0.5) is 0 Å². The summed E-state index contributed by atoms with van der Waals surface area (Å²) in [6.07, 6.45) is 0. The van der Waals surface area contributed by atoms with Gasteiger partial charge in [-0.3, -0.25) is 0 Å². The summed E-state index contributed by atoms with van der Waals surface area (Å²) in [5, 5.41) is 1.09. The minimum absolute atomic E-state index is 0.366. The Labute approximate surface area is 136 Å². The first kappa shape index (κ1) is 16.3. The van der Waals surface area contributed by atoms with Gasteiger partial charge in [0, 0.05) is 9.86 Å². The third-order valence-electron chi connectivity index (χ3n) is 3.06. The van der Waals surface area contributed by atoms with E-state index in [9.17, 15) is 4.21 Å². The van der Waals surface area contributed by atoms with Crippen molar-refractivity contribution in [3.05, 3.63) is 40.0 Å². The molecule has 2 rings (SSSR count). The van der Waals surface area contributed by atoms with Crippen LogP contribution in [0.25, 0.3) is 10.9 Å². The number of halogens is 1. The van der Waals surface area contributed by atoms with Crippen LogP contribution in [0.15, 0.2) is 33.1 Å². The molecule has 1 aromatic carbocycles. The fourth-order valence-corrected chi connectivity index (χ4v) is 2.87. The summed E-state index contributed by atoms with van der Waals surface area (Å²) in [6.45, 7) is 9.61. The first-order chi connectivity index (χ1) is 9.68. The standard InChI is InChI=1S/C16H19BrN2OS/c1-10-8-12-6-7-13(17)9-14(12)18-15(10)11(2)19-21(20)16(3,4)5/h6-9H,1-5H3/t21-/m1/s1. The second kappa shape index (κ2) is 5.97. The molecule has 0 aliphatic rings. The number of rotatable bonds is 2. The molecule has 0 amide bonds. The van der Waals surface area contributed by atoms with E-state index in [4.69, 9.17) is 0 Å². The molecular formula is C16H19BrN2OS. The first-order valence-corrected chi connectivity index (χ1v) is 8.63. The number of hydrogen-bond acceptors (Lipinski definition) is 2. The summed E-state index contributed by atoms with van der Waals surface area (Å²) in [5.41, 5.74) is 3.46. The maximum absolute atomic E-state index is 12.2. The monoisotopic (exact) mass is 366 g/mol. The smallest absolute Gasteiger partial charge is 0.145 e. The van der Waals surface area contributed by atoms with Crippen LogP contribution in [0, 0.1) is 6.92 Å². The molecule has 0 aliphatic carbocycles. The molecule has 0 radical (unpaired) electrons. The van der Waals surface area contributed by atoms with Gasteiger partial charge < -0.3 is 0 Å². The lowest BCUT2D eigenvalue weighted by Gasteiger charge is -2.14. The van der Waals surface area contributed by atoms with E-state index >= 15 is 0 Å². The Kier molecular flexibility index (Phi) is 4.63. The fourth-order valence-electron chi connectivity index (χ4n) is 1.92. The van der Waals surface area contributed by atoms with Gasteiger partial charge in [-0.2, -0.15) is 4.40 Å². The van der Waals surface area contributed by atoms with Crippen molar-refractivity contribution in [1.29, 1.82) is 0 Å². The molecule has 112 valence electrons. The highest BCUT2D eigenvalue weighted by Crippen LogP contribution is 2.22. The summed E-state index contributed by atoms with van der Waals surface area (Å²) in [7, 11) is -1.28. The average molecular weight is 367 g/mol. The van der Waals surface area contributed by atoms with Crippen LogP contribution in [0.2, 0.25) is 0 Å². The molecule has 0 N–H and O–H groups in total. The Balaban J connectivity index is 2.53. The van der Waals surface area contributed by atoms with Crippen molar-refractivity contribution in [2.24, 2.45) is 4.40 Å². The summed E-state index contributed by atoms with van der Waals surface area (Å²) in [4.78, 5) is 4.68. The zero-order valence-corrected chi connectivity index (χ0v) is 15.3. The first-order valence-electron chi connectivity index (χ1n) is 6.73. The Morgan fingerprint density at radius 1 is 1.29 bits per heavy atom. The highest BCUT2D eigenvalue weighted by molar-refractivity contribution is 9.10. The van der Waals surface area contributed by atoms with Crippen molar-refractivity contribution in [2.45, 2.75) is 39.4 Å².